The minimum Gasteiger partial charge on any atom is -0.491 e. The molecule has 2 aromatic heterocycles. The van der Waals surface area contributed by atoms with Crippen molar-refractivity contribution in [1.29, 1.82) is 0 Å². The zero-order valence-corrected chi connectivity index (χ0v) is 23.2. The Labute approximate surface area is 236 Å². The summed E-state index contributed by atoms with van der Waals surface area (Å²) in [5.74, 6) is 1.29. The Balaban J connectivity index is 1.46. The quantitative estimate of drug-likeness (QED) is 0.459. The molecule has 1 amide bonds. The minimum atomic E-state index is -4.54. The van der Waals surface area contributed by atoms with Crippen molar-refractivity contribution >= 4 is 23.2 Å². The number of hydrogen-bond donors (Lipinski definition) is 2. The predicted molar refractivity (Wildman–Crippen MR) is 149 cm³/mol. The molecule has 2 atom stereocenters. The minimum absolute atomic E-state index is 0.0436. The van der Waals surface area contributed by atoms with E-state index >= 15 is 0 Å². The SMILES string of the molecule is Cc1ccc2c(c1)C(=O)N1CCCCC1c1cc3nc(N4CC(N)C4)cc(n3n1)N(C)CCNC(C(F)(F)F)CO2. The van der Waals surface area contributed by atoms with Gasteiger partial charge in [-0.05, 0) is 38.3 Å². The number of piperidine rings is 1. The van der Waals surface area contributed by atoms with Crippen molar-refractivity contribution < 1.29 is 22.7 Å². The third-order valence-electron chi connectivity index (χ3n) is 8.15. The summed E-state index contributed by atoms with van der Waals surface area (Å²) in [5.41, 5.74) is 8.44. The van der Waals surface area contributed by atoms with E-state index in [4.69, 9.17) is 20.6 Å². The standard InChI is InChI=1S/C28H35F3N8O2/c1-17-6-7-22-19(11-17)27(40)38-9-4-3-5-21(38)20-12-25-34-24(37-14-18(32)15-37)13-26(39(25)35-20)36(2)10-8-33-23(16-41-22)28(29,30)31/h6-7,11-13,18,21,23,33H,3-5,8-10,14-16,32H2,1-2H3. The maximum Gasteiger partial charge on any atom is 0.407 e. The molecule has 2 bridgehead atoms. The summed E-state index contributed by atoms with van der Waals surface area (Å²) in [5, 5.41) is 7.53. The molecule has 3 N–H and O–H groups in total. The van der Waals surface area contributed by atoms with Gasteiger partial charge in [-0.25, -0.2) is 4.98 Å². The number of amides is 1. The number of carbonyl (C=O) groups excluding carboxylic acids is 1. The van der Waals surface area contributed by atoms with E-state index in [1.165, 1.54) is 0 Å². The molecule has 0 aliphatic carbocycles. The Morgan fingerprint density at radius 1 is 1.12 bits per heavy atom. The highest BCUT2D eigenvalue weighted by Crippen LogP contribution is 2.35. The van der Waals surface area contributed by atoms with Gasteiger partial charge in [0.2, 0.25) is 0 Å². The summed E-state index contributed by atoms with van der Waals surface area (Å²) < 4.78 is 49.5. The van der Waals surface area contributed by atoms with Crippen LogP contribution in [0.25, 0.3) is 5.65 Å². The molecule has 1 aromatic carbocycles. The van der Waals surface area contributed by atoms with E-state index in [1.54, 1.807) is 27.6 Å². The lowest BCUT2D eigenvalue weighted by Gasteiger charge is -2.38. The summed E-state index contributed by atoms with van der Waals surface area (Å²) >= 11 is 0. The number of aryl methyl sites for hydroxylation is 1. The van der Waals surface area contributed by atoms with Crippen LogP contribution in [0, 0.1) is 6.92 Å². The molecule has 5 heterocycles. The van der Waals surface area contributed by atoms with Gasteiger partial charge in [-0.15, -0.1) is 0 Å². The first kappa shape index (κ1) is 27.6. The molecule has 3 aliphatic rings. The molecule has 3 aromatic rings. The number of carbonyl (C=O) groups is 1. The third kappa shape index (κ3) is 5.40. The number of benzene rings is 1. The number of likely N-dealkylation sites (N-methyl/N-ethyl adjacent to an activating group) is 1. The lowest BCUT2D eigenvalue weighted by Crippen LogP contribution is -2.56. The lowest BCUT2D eigenvalue weighted by molar-refractivity contribution is -0.161. The molecule has 13 heteroatoms. The molecule has 0 spiro atoms. The monoisotopic (exact) mass is 572 g/mol. The van der Waals surface area contributed by atoms with Crippen molar-refractivity contribution in [2.45, 2.75) is 50.5 Å². The molecule has 10 nitrogen and oxygen atoms in total. The van der Waals surface area contributed by atoms with Gasteiger partial charge in [0.05, 0.1) is 17.3 Å². The molecule has 2 unspecified atom stereocenters. The largest absolute Gasteiger partial charge is 0.491 e. The third-order valence-corrected chi connectivity index (χ3v) is 8.15. The first-order chi connectivity index (χ1) is 19.6. The van der Waals surface area contributed by atoms with Crippen LogP contribution in [0.15, 0.2) is 30.3 Å². The average Bonchev–Trinajstić information content (AvgIpc) is 3.35. The number of aromatic nitrogens is 3. The highest BCUT2D eigenvalue weighted by Gasteiger charge is 2.40. The normalized spacial score (nSPS) is 22.9. The first-order valence-electron chi connectivity index (χ1n) is 14.1. The second-order valence-electron chi connectivity index (χ2n) is 11.3. The number of anilines is 2. The zero-order chi connectivity index (χ0) is 28.9. The number of alkyl halides is 3. The summed E-state index contributed by atoms with van der Waals surface area (Å²) in [6, 6.07) is 6.67. The van der Waals surface area contributed by atoms with Crippen molar-refractivity contribution in [2.24, 2.45) is 5.73 Å². The van der Waals surface area contributed by atoms with Crippen LogP contribution in [0.5, 0.6) is 5.75 Å². The van der Waals surface area contributed by atoms with Crippen LogP contribution < -0.4 is 25.6 Å². The molecule has 2 saturated heterocycles. The van der Waals surface area contributed by atoms with Crippen LogP contribution in [-0.2, 0) is 0 Å². The zero-order valence-electron chi connectivity index (χ0n) is 23.2. The smallest absolute Gasteiger partial charge is 0.407 e. The number of hydrogen-bond acceptors (Lipinski definition) is 8. The van der Waals surface area contributed by atoms with Gasteiger partial charge < -0.3 is 30.5 Å². The Kier molecular flexibility index (Phi) is 7.18. The van der Waals surface area contributed by atoms with E-state index in [1.807, 2.05) is 31.0 Å². The van der Waals surface area contributed by atoms with Crippen molar-refractivity contribution in [2.75, 3.05) is 56.2 Å². The number of nitrogens with two attached hydrogens (primary N) is 1. The summed E-state index contributed by atoms with van der Waals surface area (Å²) in [4.78, 5) is 24.6. The van der Waals surface area contributed by atoms with Gasteiger partial charge >= 0.3 is 6.18 Å². The molecular weight excluding hydrogens is 537 g/mol. The van der Waals surface area contributed by atoms with Gasteiger partial charge in [0.25, 0.3) is 5.91 Å². The highest BCUT2D eigenvalue weighted by molar-refractivity contribution is 5.97. The average molecular weight is 573 g/mol. The first-order valence-corrected chi connectivity index (χ1v) is 14.1. The molecule has 220 valence electrons. The molecular formula is C28H35F3N8O2. The van der Waals surface area contributed by atoms with Gasteiger partial charge in [-0.1, -0.05) is 11.6 Å². The van der Waals surface area contributed by atoms with Crippen LogP contribution in [0.3, 0.4) is 0 Å². The number of nitrogens with one attached hydrogen (secondary N) is 1. The molecule has 2 fully saturated rings. The van der Waals surface area contributed by atoms with Crippen LogP contribution in [-0.4, -0.2) is 90.0 Å². The van der Waals surface area contributed by atoms with E-state index in [0.717, 1.165) is 36.3 Å². The summed E-state index contributed by atoms with van der Waals surface area (Å²) in [7, 11) is 1.82. The van der Waals surface area contributed by atoms with E-state index < -0.39 is 18.8 Å². The Morgan fingerprint density at radius 3 is 2.68 bits per heavy atom. The molecule has 3 aliphatic heterocycles. The fourth-order valence-electron chi connectivity index (χ4n) is 5.80. The molecule has 41 heavy (non-hydrogen) atoms. The van der Waals surface area contributed by atoms with E-state index in [0.29, 0.717) is 31.1 Å². The van der Waals surface area contributed by atoms with Gasteiger partial charge in [-0.3, -0.25) is 4.79 Å². The van der Waals surface area contributed by atoms with Crippen molar-refractivity contribution in [1.82, 2.24) is 24.8 Å². The van der Waals surface area contributed by atoms with Gasteiger partial charge in [0.15, 0.2) is 5.65 Å². The van der Waals surface area contributed by atoms with E-state index in [2.05, 4.69) is 10.2 Å². The van der Waals surface area contributed by atoms with Crippen molar-refractivity contribution in [3.8, 4) is 5.75 Å². The second-order valence-corrected chi connectivity index (χ2v) is 11.3. The predicted octanol–water partition coefficient (Wildman–Crippen LogP) is 2.90. The second kappa shape index (κ2) is 10.7. The molecule has 0 radical (unpaired) electrons. The van der Waals surface area contributed by atoms with Crippen LogP contribution in [0.1, 0.15) is 46.9 Å². The topological polar surface area (TPSA) is 104 Å². The summed E-state index contributed by atoms with van der Waals surface area (Å²) in [6.07, 6.45) is -2.07. The van der Waals surface area contributed by atoms with Crippen LogP contribution in [0.2, 0.25) is 0 Å². The Bertz CT molecular complexity index is 1440. The molecule has 0 saturated carbocycles. The number of ether oxygens (including phenoxy) is 1. The number of rotatable bonds is 1. The van der Waals surface area contributed by atoms with Crippen LogP contribution in [0.4, 0.5) is 24.8 Å². The highest BCUT2D eigenvalue weighted by atomic mass is 19.4. The van der Waals surface area contributed by atoms with E-state index in [9.17, 15) is 18.0 Å². The van der Waals surface area contributed by atoms with Gasteiger partial charge in [0.1, 0.15) is 30.0 Å². The fourth-order valence-corrected chi connectivity index (χ4v) is 5.80. The van der Waals surface area contributed by atoms with Gasteiger partial charge in [0, 0.05) is 57.9 Å². The van der Waals surface area contributed by atoms with E-state index in [-0.39, 0.29) is 42.4 Å². The maximum atomic E-state index is 14.0. The summed E-state index contributed by atoms with van der Waals surface area (Å²) in [6.45, 7) is 3.37. The Hall–Kier alpha value is -3.58. The fraction of sp³-hybridized carbons (Fsp3) is 0.536. The van der Waals surface area contributed by atoms with Crippen molar-refractivity contribution in [3.63, 3.8) is 0 Å². The Morgan fingerprint density at radius 2 is 1.93 bits per heavy atom. The van der Waals surface area contributed by atoms with Crippen LogP contribution >= 0.6 is 0 Å². The van der Waals surface area contributed by atoms with Crippen molar-refractivity contribution in [3.05, 3.63) is 47.2 Å². The number of halogens is 3. The number of nitrogens with zero attached hydrogens (tertiary/aromatic N) is 6. The lowest BCUT2D eigenvalue weighted by atomic mass is 9.97. The maximum absolute atomic E-state index is 14.0. The number of fused-ring (bicyclic) bond motifs is 4. The van der Waals surface area contributed by atoms with Gasteiger partial charge in [-0.2, -0.15) is 22.8 Å². The molecule has 6 rings (SSSR count).